The van der Waals surface area contributed by atoms with Gasteiger partial charge in [0.25, 0.3) is 0 Å². The maximum atomic E-state index is 11.1. The van der Waals surface area contributed by atoms with Crippen LogP contribution in [0.5, 0.6) is 0 Å². The van der Waals surface area contributed by atoms with E-state index in [0.717, 1.165) is 6.21 Å². The SMILES string of the molecule is CCOC(=O)/C=N/OC(C)(C)C(=O)OC. The summed E-state index contributed by atoms with van der Waals surface area (Å²) in [7, 11) is 1.24. The first-order chi connectivity index (χ1) is 6.94. The summed E-state index contributed by atoms with van der Waals surface area (Å²) in [4.78, 5) is 26.7. The van der Waals surface area contributed by atoms with Gasteiger partial charge in [0.15, 0.2) is 6.21 Å². The molecule has 6 nitrogen and oxygen atoms in total. The molecule has 0 rings (SSSR count). The van der Waals surface area contributed by atoms with Gasteiger partial charge in [-0.05, 0) is 20.8 Å². The Hall–Kier alpha value is -1.59. The zero-order chi connectivity index (χ0) is 11.9. The molecular formula is C9H15NO5. The molecule has 0 saturated carbocycles. The number of esters is 2. The molecule has 0 aliphatic heterocycles. The Labute approximate surface area is 88.2 Å². The Morgan fingerprint density at radius 3 is 2.47 bits per heavy atom. The lowest BCUT2D eigenvalue weighted by Gasteiger charge is -2.18. The lowest BCUT2D eigenvalue weighted by Crippen LogP contribution is -2.34. The average molecular weight is 217 g/mol. The Morgan fingerprint density at radius 2 is 2.00 bits per heavy atom. The molecule has 6 heteroatoms. The van der Waals surface area contributed by atoms with Gasteiger partial charge in [-0.2, -0.15) is 0 Å². The molecule has 0 unspecified atom stereocenters. The number of oxime groups is 1. The first-order valence-electron chi connectivity index (χ1n) is 4.40. The van der Waals surface area contributed by atoms with Crippen molar-refractivity contribution in [2.24, 2.45) is 5.16 Å². The van der Waals surface area contributed by atoms with Gasteiger partial charge in [0, 0.05) is 0 Å². The minimum atomic E-state index is -1.22. The fraction of sp³-hybridized carbons (Fsp3) is 0.667. The highest BCUT2D eigenvalue weighted by Gasteiger charge is 2.31. The highest BCUT2D eigenvalue weighted by molar-refractivity contribution is 6.22. The van der Waals surface area contributed by atoms with Crippen molar-refractivity contribution in [2.45, 2.75) is 26.4 Å². The molecule has 0 bridgehead atoms. The number of ether oxygens (including phenoxy) is 2. The number of rotatable bonds is 5. The van der Waals surface area contributed by atoms with Gasteiger partial charge in [0.05, 0.1) is 13.7 Å². The van der Waals surface area contributed by atoms with Crippen LogP contribution < -0.4 is 0 Å². The summed E-state index contributed by atoms with van der Waals surface area (Å²) in [6, 6.07) is 0. The third kappa shape index (κ3) is 4.99. The maximum absolute atomic E-state index is 11.1. The standard InChI is InChI=1S/C9H15NO5/c1-5-14-7(11)6-10-15-9(2,3)8(12)13-4/h6H,5H2,1-4H3/b10-6+. The number of carbonyl (C=O) groups is 2. The summed E-state index contributed by atoms with van der Waals surface area (Å²) in [6.45, 7) is 4.87. The molecule has 0 aromatic rings. The summed E-state index contributed by atoms with van der Waals surface area (Å²) >= 11 is 0. The second kappa shape index (κ2) is 6.00. The lowest BCUT2D eigenvalue weighted by atomic mass is 10.1. The van der Waals surface area contributed by atoms with E-state index in [4.69, 9.17) is 4.84 Å². The normalized spacial score (nSPS) is 11.2. The highest BCUT2D eigenvalue weighted by Crippen LogP contribution is 2.10. The van der Waals surface area contributed by atoms with Crippen LogP contribution in [0.15, 0.2) is 5.16 Å². The Morgan fingerprint density at radius 1 is 1.40 bits per heavy atom. The number of carbonyl (C=O) groups excluding carboxylic acids is 2. The molecule has 0 spiro atoms. The van der Waals surface area contributed by atoms with Gasteiger partial charge in [0.2, 0.25) is 5.60 Å². The van der Waals surface area contributed by atoms with Crippen molar-refractivity contribution in [1.29, 1.82) is 0 Å². The summed E-state index contributed by atoms with van der Waals surface area (Å²) in [5, 5.41) is 3.33. The van der Waals surface area contributed by atoms with Gasteiger partial charge in [-0.25, -0.2) is 9.59 Å². The summed E-state index contributed by atoms with van der Waals surface area (Å²) in [5.74, 6) is -1.21. The lowest BCUT2D eigenvalue weighted by molar-refractivity contribution is -0.165. The van der Waals surface area contributed by atoms with Crippen molar-refractivity contribution >= 4 is 18.2 Å². The van der Waals surface area contributed by atoms with Crippen LogP contribution in [0, 0.1) is 0 Å². The predicted molar refractivity (Wildman–Crippen MR) is 52.3 cm³/mol. The van der Waals surface area contributed by atoms with Crippen LogP contribution in [0.1, 0.15) is 20.8 Å². The van der Waals surface area contributed by atoms with E-state index in [1.165, 1.54) is 21.0 Å². The fourth-order valence-electron chi connectivity index (χ4n) is 0.664. The van der Waals surface area contributed by atoms with Crippen molar-refractivity contribution < 1.29 is 23.9 Å². The van der Waals surface area contributed by atoms with Crippen LogP contribution in [-0.4, -0.2) is 37.5 Å². The molecule has 15 heavy (non-hydrogen) atoms. The topological polar surface area (TPSA) is 74.2 Å². The third-order valence-corrected chi connectivity index (χ3v) is 1.40. The highest BCUT2D eigenvalue weighted by atomic mass is 16.7. The molecule has 0 fully saturated rings. The number of hydrogen-bond donors (Lipinski definition) is 0. The van der Waals surface area contributed by atoms with E-state index in [0.29, 0.717) is 0 Å². The molecule has 0 atom stereocenters. The second-order valence-electron chi connectivity index (χ2n) is 3.08. The largest absolute Gasteiger partial charge is 0.466 e. The number of hydrogen-bond acceptors (Lipinski definition) is 6. The van der Waals surface area contributed by atoms with Crippen molar-refractivity contribution in [2.75, 3.05) is 13.7 Å². The van der Waals surface area contributed by atoms with E-state index in [-0.39, 0.29) is 6.61 Å². The van der Waals surface area contributed by atoms with E-state index in [9.17, 15) is 9.59 Å². The van der Waals surface area contributed by atoms with Gasteiger partial charge in [-0.15, -0.1) is 0 Å². The Bertz CT molecular complexity index is 259. The van der Waals surface area contributed by atoms with Gasteiger partial charge in [0.1, 0.15) is 0 Å². The maximum Gasteiger partial charge on any atom is 0.352 e. The van der Waals surface area contributed by atoms with Crippen LogP contribution in [0.4, 0.5) is 0 Å². The molecule has 0 amide bonds. The first-order valence-corrected chi connectivity index (χ1v) is 4.40. The average Bonchev–Trinajstić information content (AvgIpc) is 2.16. The molecule has 0 aromatic carbocycles. The minimum absolute atomic E-state index is 0.255. The zero-order valence-electron chi connectivity index (χ0n) is 9.27. The third-order valence-electron chi connectivity index (χ3n) is 1.40. The van der Waals surface area contributed by atoms with E-state index in [1.54, 1.807) is 6.92 Å². The van der Waals surface area contributed by atoms with Gasteiger partial charge < -0.3 is 14.3 Å². The molecular weight excluding hydrogens is 202 g/mol. The zero-order valence-corrected chi connectivity index (χ0v) is 9.27. The van der Waals surface area contributed by atoms with Gasteiger partial charge >= 0.3 is 11.9 Å². The van der Waals surface area contributed by atoms with Crippen molar-refractivity contribution in [3.05, 3.63) is 0 Å². The van der Waals surface area contributed by atoms with Gasteiger partial charge in [-0.1, -0.05) is 5.16 Å². The van der Waals surface area contributed by atoms with Crippen LogP contribution in [0.25, 0.3) is 0 Å². The molecule has 0 heterocycles. The minimum Gasteiger partial charge on any atom is -0.466 e. The van der Waals surface area contributed by atoms with E-state index in [1.807, 2.05) is 0 Å². The summed E-state index contributed by atoms with van der Waals surface area (Å²) in [5.41, 5.74) is -1.22. The molecule has 0 radical (unpaired) electrons. The Balaban J connectivity index is 4.14. The second-order valence-corrected chi connectivity index (χ2v) is 3.08. The molecule has 0 N–H and O–H groups in total. The van der Waals surface area contributed by atoms with E-state index >= 15 is 0 Å². The molecule has 0 aliphatic carbocycles. The Kier molecular flexibility index (Phi) is 5.36. The van der Waals surface area contributed by atoms with Crippen molar-refractivity contribution in [3.63, 3.8) is 0 Å². The molecule has 0 saturated heterocycles. The van der Waals surface area contributed by atoms with Crippen LogP contribution in [-0.2, 0) is 23.9 Å². The monoisotopic (exact) mass is 217 g/mol. The fourth-order valence-corrected chi connectivity index (χ4v) is 0.664. The summed E-state index contributed by atoms with van der Waals surface area (Å²) in [6.07, 6.45) is 0.855. The van der Waals surface area contributed by atoms with Crippen LogP contribution in [0.3, 0.4) is 0 Å². The quantitative estimate of drug-likeness (QED) is 0.381. The van der Waals surface area contributed by atoms with Crippen LogP contribution in [0.2, 0.25) is 0 Å². The predicted octanol–water partition coefficient (Wildman–Crippen LogP) is 0.503. The number of methoxy groups -OCH3 is 1. The number of nitrogens with zero attached hydrogens (tertiary/aromatic N) is 1. The van der Waals surface area contributed by atoms with Crippen LogP contribution >= 0.6 is 0 Å². The molecule has 0 aliphatic rings. The smallest absolute Gasteiger partial charge is 0.352 e. The molecule has 86 valence electrons. The van der Waals surface area contributed by atoms with Gasteiger partial charge in [-0.3, -0.25) is 0 Å². The molecule has 0 aromatic heterocycles. The summed E-state index contributed by atoms with van der Waals surface area (Å²) < 4.78 is 9.03. The van der Waals surface area contributed by atoms with E-state index in [2.05, 4.69) is 14.6 Å². The van der Waals surface area contributed by atoms with E-state index < -0.39 is 17.5 Å². The van der Waals surface area contributed by atoms with Crippen molar-refractivity contribution in [3.8, 4) is 0 Å². The first kappa shape index (κ1) is 13.4. The van der Waals surface area contributed by atoms with Crippen molar-refractivity contribution in [1.82, 2.24) is 0 Å².